The van der Waals surface area contributed by atoms with Crippen molar-refractivity contribution in [1.82, 2.24) is 9.55 Å². The summed E-state index contributed by atoms with van der Waals surface area (Å²) in [5.74, 6) is 0. The van der Waals surface area contributed by atoms with E-state index in [2.05, 4.69) is 86.7 Å². The maximum atomic E-state index is 14.0. The normalized spacial score (nSPS) is 21.1. The maximum absolute atomic E-state index is 14.0. The Labute approximate surface area is 321 Å². The number of nitrogens with zero attached hydrogens (tertiary/aromatic N) is 1. The highest BCUT2D eigenvalue weighted by molar-refractivity contribution is 9.08. The maximum Gasteiger partial charge on any atom is 0.330 e. The summed E-state index contributed by atoms with van der Waals surface area (Å²) in [6.45, 7) is 12.8. The fraction of sp³-hybridized carbons (Fsp3) is 0.333. The second-order valence-electron chi connectivity index (χ2n) is 15.9. The third-order valence-electron chi connectivity index (χ3n) is 11.0. The van der Waals surface area contributed by atoms with Gasteiger partial charge in [0.1, 0.15) is 17.4 Å². The SMILES string of the molecule is CC(C)(C)[Si](OC[C@H]1O[C@@H](n2cc(CBr)c(=O)[nH]c2=O)[C@H](O)[C@@]1(O)[Si](c1ccccc1)(c1ccccc1)C(C)(C)C)(c1ccccc1)c1ccccc1. The molecule has 0 saturated carbocycles. The molecule has 278 valence electrons. The van der Waals surface area contributed by atoms with Crippen LogP contribution in [0.4, 0.5) is 0 Å². The summed E-state index contributed by atoms with van der Waals surface area (Å²) in [6.07, 6.45) is -2.69. The molecule has 1 aliphatic heterocycles. The predicted octanol–water partition coefficient (Wildman–Crippen LogP) is 4.60. The van der Waals surface area contributed by atoms with Gasteiger partial charge in [-0.2, -0.15) is 0 Å². The van der Waals surface area contributed by atoms with Gasteiger partial charge in [-0.3, -0.25) is 14.3 Å². The third-order valence-corrected chi connectivity index (χ3v) is 23.1. The van der Waals surface area contributed by atoms with Gasteiger partial charge in [0.25, 0.3) is 13.9 Å². The minimum Gasteiger partial charge on any atom is -0.405 e. The zero-order valence-corrected chi connectivity index (χ0v) is 34.7. The summed E-state index contributed by atoms with van der Waals surface area (Å²) in [6, 6.07) is 40.3. The Balaban J connectivity index is 1.64. The van der Waals surface area contributed by atoms with E-state index in [1.165, 1.54) is 10.8 Å². The molecule has 3 N–H and O–H groups in total. The number of aliphatic hydroxyl groups is 2. The first kappa shape index (κ1) is 39.0. The second kappa shape index (κ2) is 14.9. The molecule has 0 unspecified atom stereocenters. The molecule has 1 fully saturated rings. The van der Waals surface area contributed by atoms with Crippen molar-refractivity contribution in [1.29, 1.82) is 0 Å². The second-order valence-corrected chi connectivity index (χ2v) is 25.8. The number of benzene rings is 4. The molecule has 6 rings (SSSR count). The smallest absolute Gasteiger partial charge is 0.330 e. The van der Waals surface area contributed by atoms with Crippen molar-refractivity contribution in [3.05, 3.63) is 154 Å². The van der Waals surface area contributed by atoms with Gasteiger partial charge in [-0.25, -0.2) is 4.79 Å². The monoisotopic (exact) mass is 812 g/mol. The van der Waals surface area contributed by atoms with Gasteiger partial charge in [-0.15, -0.1) is 0 Å². The topological polar surface area (TPSA) is 114 Å². The summed E-state index contributed by atoms with van der Waals surface area (Å²) >= 11 is 3.36. The summed E-state index contributed by atoms with van der Waals surface area (Å²) in [7, 11) is -6.85. The average Bonchev–Trinajstić information content (AvgIpc) is 3.38. The van der Waals surface area contributed by atoms with Crippen LogP contribution in [0.3, 0.4) is 0 Å². The molecule has 0 aliphatic carbocycles. The standard InChI is InChI=1S/C42H49BrN2O6Si2/c1-40(2,3)52(31-19-11-7-12-20-31,32-21-13-8-14-22-32)42(49)35(51-38(36(42)46)45-28-30(27-43)37(47)44-39(45)48)29-50-53(41(4,5)6,33-23-15-9-16-24-33)34-25-17-10-18-26-34/h7-26,28,35-36,38,46,49H,27,29H2,1-6H3,(H,44,47,48)/t35-,36+,38-,42+/m1/s1. The van der Waals surface area contributed by atoms with Crippen molar-refractivity contribution in [3.8, 4) is 0 Å². The highest BCUT2D eigenvalue weighted by Gasteiger charge is 2.72. The number of hydrogen-bond donors (Lipinski definition) is 3. The van der Waals surface area contributed by atoms with Crippen LogP contribution < -0.4 is 32.0 Å². The van der Waals surface area contributed by atoms with Crippen LogP contribution in [0.1, 0.15) is 53.3 Å². The molecule has 0 spiro atoms. The zero-order chi connectivity index (χ0) is 38.2. The van der Waals surface area contributed by atoms with Crippen LogP contribution in [-0.2, 0) is 14.5 Å². The van der Waals surface area contributed by atoms with Gasteiger partial charge < -0.3 is 19.4 Å². The number of halogens is 1. The molecule has 8 nitrogen and oxygen atoms in total. The van der Waals surface area contributed by atoms with Crippen molar-refractivity contribution >= 4 is 53.1 Å². The van der Waals surface area contributed by atoms with Crippen molar-refractivity contribution in [3.63, 3.8) is 0 Å². The van der Waals surface area contributed by atoms with E-state index in [1.807, 2.05) is 97.1 Å². The number of rotatable bonds is 10. The number of aliphatic hydroxyl groups excluding tert-OH is 1. The van der Waals surface area contributed by atoms with E-state index in [1.54, 1.807) is 0 Å². The van der Waals surface area contributed by atoms with Gasteiger partial charge in [0.05, 0.1) is 6.61 Å². The Morgan fingerprint density at radius 2 is 1.19 bits per heavy atom. The summed E-state index contributed by atoms with van der Waals surface area (Å²) in [5.41, 5.74) is -1.01. The van der Waals surface area contributed by atoms with E-state index in [4.69, 9.17) is 9.16 Å². The van der Waals surface area contributed by atoms with Crippen molar-refractivity contribution in [2.24, 2.45) is 0 Å². The zero-order valence-electron chi connectivity index (χ0n) is 31.1. The molecule has 0 radical (unpaired) electrons. The largest absolute Gasteiger partial charge is 0.405 e. The quantitative estimate of drug-likeness (QED) is 0.141. The van der Waals surface area contributed by atoms with Gasteiger partial charge in [0.15, 0.2) is 14.3 Å². The van der Waals surface area contributed by atoms with Crippen LogP contribution in [0.25, 0.3) is 0 Å². The van der Waals surface area contributed by atoms with Crippen LogP contribution in [-0.4, -0.2) is 60.2 Å². The number of hydrogen-bond acceptors (Lipinski definition) is 6. The number of alkyl halides is 1. The third kappa shape index (κ3) is 6.39. The molecule has 2 heterocycles. The number of aromatic amines is 1. The fourth-order valence-electron chi connectivity index (χ4n) is 8.85. The molecule has 1 aromatic heterocycles. The Bertz CT molecular complexity index is 2040. The molecule has 0 amide bonds. The number of nitrogens with one attached hydrogen (secondary N) is 1. The number of H-pyrrole nitrogens is 1. The molecule has 4 atom stereocenters. The molecule has 0 bridgehead atoms. The fourth-order valence-corrected chi connectivity index (χ4v) is 20.6. The minimum atomic E-state index is -3.67. The van der Waals surface area contributed by atoms with Crippen LogP contribution in [0, 0.1) is 0 Å². The lowest BCUT2D eigenvalue weighted by atomic mass is 10.1. The molecule has 4 aromatic carbocycles. The van der Waals surface area contributed by atoms with Gasteiger partial charge in [-0.1, -0.05) is 189 Å². The van der Waals surface area contributed by atoms with Crippen LogP contribution >= 0.6 is 15.9 Å². The predicted molar refractivity (Wildman–Crippen MR) is 220 cm³/mol. The molecule has 1 aliphatic rings. The van der Waals surface area contributed by atoms with Crippen molar-refractivity contribution < 1.29 is 19.4 Å². The van der Waals surface area contributed by atoms with E-state index >= 15 is 0 Å². The first-order valence-electron chi connectivity index (χ1n) is 18.0. The van der Waals surface area contributed by atoms with Crippen LogP contribution in [0.2, 0.25) is 10.1 Å². The number of ether oxygens (including phenoxy) is 1. The van der Waals surface area contributed by atoms with Gasteiger partial charge in [0, 0.05) is 17.1 Å². The molecule has 1 saturated heterocycles. The summed E-state index contributed by atoms with van der Waals surface area (Å²) in [4.78, 5) is 28.6. The summed E-state index contributed by atoms with van der Waals surface area (Å²) in [5, 5.41) is 28.0. The van der Waals surface area contributed by atoms with E-state index < -0.39 is 56.3 Å². The Kier molecular flexibility index (Phi) is 10.9. The highest BCUT2D eigenvalue weighted by Crippen LogP contribution is 2.52. The molecule has 5 aromatic rings. The van der Waals surface area contributed by atoms with E-state index in [-0.39, 0.29) is 22.5 Å². The van der Waals surface area contributed by atoms with E-state index in [0.29, 0.717) is 0 Å². The Hall–Kier alpha value is -3.69. The first-order valence-corrected chi connectivity index (χ1v) is 23.0. The van der Waals surface area contributed by atoms with Gasteiger partial charge in [-0.05, 0) is 20.4 Å². The average molecular weight is 814 g/mol. The molecular formula is C42H49BrN2O6Si2. The van der Waals surface area contributed by atoms with Crippen LogP contribution in [0.5, 0.6) is 0 Å². The van der Waals surface area contributed by atoms with Crippen molar-refractivity contribution in [2.75, 3.05) is 6.61 Å². The Morgan fingerprint density at radius 3 is 1.58 bits per heavy atom. The lowest BCUT2D eigenvalue weighted by Gasteiger charge is -2.55. The van der Waals surface area contributed by atoms with Crippen molar-refractivity contribution in [2.45, 2.75) is 80.6 Å². The van der Waals surface area contributed by atoms with Gasteiger partial charge >= 0.3 is 5.69 Å². The minimum absolute atomic E-state index is 0.0920. The van der Waals surface area contributed by atoms with E-state index in [9.17, 15) is 19.8 Å². The molecular weight excluding hydrogens is 765 g/mol. The number of aromatic nitrogens is 2. The Morgan fingerprint density at radius 1 is 0.755 bits per heavy atom. The first-order chi connectivity index (χ1) is 25.1. The molecule has 53 heavy (non-hydrogen) atoms. The van der Waals surface area contributed by atoms with E-state index in [0.717, 1.165) is 20.7 Å². The van der Waals surface area contributed by atoms with Gasteiger partial charge in [0.2, 0.25) is 0 Å². The molecule has 11 heteroatoms. The lowest BCUT2D eigenvalue weighted by Crippen LogP contribution is -2.83. The highest BCUT2D eigenvalue weighted by atomic mass is 79.9. The summed E-state index contributed by atoms with van der Waals surface area (Å²) < 4.78 is 15.5. The van der Waals surface area contributed by atoms with Crippen LogP contribution in [0.15, 0.2) is 137 Å². The lowest BCUT2D eigenvalue weighted by molar-refractivity contribution is -0.0567.